The Morgan fingerprint density at radius 2 is 1.89 bits per heavy atom. The first-order chi connectivity index (χ1) is 13.0. The van der Waals surface area contributed by atoms with Crippen molar-refractivity contribution in [2.45, 2.75) is 52.0 Å². The normalized spacial score (nSPS) is 21.4. The molecule has 0 radical (unpaired) electrons. The van der Waals surface area contributed by atoms with E-state index in [2.05, 4.69) is 6.58 Å². The fraction of sp³-hybridized carbons (Fsp3) is 0.550. The highest BCUT2D eigenvalue weighted by Crippen LogP contribution is 2.22. The van der Waals surface area contributed by atoms with Gasteiger partial charge in [-0.1, -0.05) is 36.9 Å². The standard InChI is InChI=1S/C20H30N2O5S/c1-6-28(24,25)22-12-16(2)21(19(23)27-20(3,4)5)13-18(22)15-26-14-17-10-8-7-9-11-17/h6-11,16,18H,1,12-15H2,2-5H3/t16-,18-/m1/s1. The lowest BCUT2D eigenvalue weighted by Crippen LogP contribution is -2.61. The van der Waals surface area contributed by atoms with Gasteiger partial charge in [0.05, 0.1) is 19.3 Å². The van der Waals surface area contributed by atoms with Crippen LogP contribution in [0.25, 0.3) is 0 Å². The van der Waals surface area contributed by atoms with E-state index < -0.39 is 27.8 Å². The Hall–Kier alpha value is -1.90. The van der Waals surface area contributed by atoms with Crippen LogP contribution in [-0.4, -0.2) is 61.1 Å². The average molecular weight is 411 g/mol. The highest BCUT2D eigenvalue weighted by atomic mass is 32.2. The van der Waals surface area contributed by atoms with E-state index in [1.54, 1.807) is 32.6 Å². The Morgan fingerprint density at radius 3 is 2.46 bits per heavy atom. The van der Waals surface area contributed by atoms with Gasteiger partial charge in [0.15, 0.2) is 0 Å². The van der Waals surface area contributed by atoms with E-state index >= 15 is 0 Å². The number of carbonyl (C=O) groups excluding carboxylic acids is 1. The molecular formula is C20H30N2O5S. The number of nitrogens with zero attached hydrogens (tertiary/aromatic N) is 2. The number of hydrogen-bond acceptors (Lipinski definition) is 5. The number of hydrogen-bond donors (Lipinski definition) is 0. The molecule has 0 N–H and O–H groups in total. The van der Waals surface area contributed by atoms with Crippen molar-refractivity contribution in [2.75, 3.05) is 19.7 Å². The molecule has 8 heteroatoms. The maximum atomic E-state index is 12.6. The summed E-state index contributed by atoms with van der Waals surface area (Å²) in [6.07, 6.45) is -0.455. The van der Waals surface area contributed by atoms with E-state index in [0.717, 1.165) is 11.0 Å². The molecule has 1 heterocycles. The van der Waals surface area contributed by atoms with Crippen LogP contribution in [0.5, 0.6) is 0 Å². The molecule has 0 aliphatic carbocycles. The molecule has 0 bridgehead atoms. The topological polar surface area (TPSA) is 76.2 Å². The van der Waals surface area contributed by atoms with Crippen LogP contribution >= 0.6 is 0 Å². The molecule has 1 aliphatic heterocycles. The van der Waals surface area contributed by atoms with E-state index in [9.17, 15) is 13.2 Å². The van der Waals surface area contributed by atoms with Crippen molar-refractivity contribution in [1.29, 1.82) is 0 Å². The molecule has 1 fully saturated rings. The number of benzene rings is 1. The molecule has 0 spiro atoms. The summed E-state index contributed by atoms with van der Waals surface area (Å²) < 4.78 is 37.5. The molecule has 0 saturated carbocycles. The highest BCUT2D eigenvalue weighted by molar-refractivity contribution is 7.92. The molecule has 7 nitrogen and oxygen atoms in total. The second-order valence-electron chi connectivity index (χ2n) is 7.92. The molecule has 1 aromatic carbocycles. The van der Waals surface area contributed by atoms with Crippen LogP contribution in [0.4, 0.5) is 4.79 Å². The van der Waals surface area contributed by atoms with Crippen LogP contribution in [0.1, 0.15) is 33.3 Å². The Labute approximate surface area is 168 Å². The first-order valence-corrected chi connectivity index (χ1v) is 10.8. The predicted molar refractivity (Wildman–Crippen MR) is 108 cm³/mol. The molecule has 1 amide bonds. The van der Waals surface area contributed by atoms with Crippen molar-refractivity contribution < 1.29 is 22.7 Å². The van der Waals surface area contributed by atoms with Crippen molar-refractivity contribution >= 4 is 16.1 Å². The van der Waals surface area contributed by atoms with Crippen molar-refractivity contribution in [3.05, 3.63) is 47.9 Å². The van der Waals surface area contributed by atoms with Gasteiger partial charge in [-0.15, -0.1) is 0 Å². The third kappa shape index (κ3) is 6.05. The summed E-state index contributed by atoms with van der Waals surface area (Å²) in [5.41, 5.74) is 0.370. The first-order valence-electron chi connectivity index (χ1n) is 9.29. The van der Waals surface area contributed by atoms with Gasteiger partial charge in [-0.3, -0.25) is 0 Å². The number of piperazine rings is 1. The fourth-order valence-electron chi connectivity index (χ4n) is 3.01. The Balaban J connectivity index is 2.12. The minimum atomic E-state index is -3.64. The van der Waals surface area contributed by atoms with Crippen molar-refractivity contribution in [1.82, 2.24) is 9.21 Å². The lowest BCUT2D eigenvalue weighted by atomic mass is 10.1. The number of ether oxygens (including phenoxy) is 2. The maximum absolute atomic E-state index is 12.6. The van der Waals surface area contributed by atoms with Gasteiger partial charge in [0.1, 0.15) is 5.60 Å². The fourth-order valence-corrected chi connectivity index (χ4v) is 4.17. The van der Waals surface area contributed by atoms with Crippen LogP contribution in [-0.2, 0) is 26.1 Å². The van der Waals surface area contributed by atoms with E-state index in [1.807, 2.05) is 30.3 Å². The van der Waals surface area contributed by atoms with Crippen LogP contribution in [0.2, 0.25) is 0 Å². The number of rotatable bonds is 6. The molecule has 1 aliphatic rings. The SMILES string of the molecule is C=CS(=O)(=O)N1C[C@@H](C)N(C(=O)OC(C)(C)C)C[C@@H]1COCc1ccccc1. The maximum Gasteiger partial charge on any atom is 0.410 e. The van der Waals surface area contributed by atoms with Crippen LogP contribution in [0, 0.1) is 0 Å². The zero-order chi connectivity index (χ0) is 20.9. The largest absolute Gasteiger partial charge is 0.444 e. The van der Waals surface area contributed by atoms with Gasteiger partial charge in [-0.05, 0) is 33.3 Å². The molecule has 1 aromatic rings. The molecule has 1 saturated heterocycles. The Morgan fingerprint density at radius 1 is 1.25 bits per heavy atom. The van der Waals surface area contributed by atoms with Crippen LogP contribution < -0.4 is 0 Å². The molecule has 0 unspecified atom stereocenters. The van der Waals surface area contributed by atoms with Crippen LogP contribution in [0.15, 0.2) is 42.3 Å². The van der Waals surface area contributed by atoms with Crippen molar-refractivity contribution in [2.24, 2.45) is 0 Å². The molecule has 2 atom stereocenters. The second-order valence-corrected chi connectivity index (χ2v) is 9.75. The summed E-state index contributed by atoms with van der Waals surface area (Å²) in [5.74, 6) is 0. The van der Waals surface area contributed by atoms with Gasteiger partial charge in [-0.2, -0.15) is 4.31 Å². The quantitative estimate of drug-likeness (QED) is 0.721. The molecule has 2 rings (SSSR count). The third-order valence-electron chi connectivity index (χ3n) is 4.38. The van der Waals surface area contributed by atoms with E-state index in [4.69, 9.17) is 9.47 Å². The van der Waals surface area contributed by atoms with Crippen LogP contribution in [0.3, 0.4) is 0 Å². The minimum Gasteiger partial charge on any atom is -0.444 e. The Kier molecular flexibility index (Phi) is 7.25. The molecule has 156 valence electrons. The molecule has 28 heavy (non-hydrogen) atoms. The predicted octanol–water partition coefficient (Wildman–Crippen LogP) is 2.99. The average Bonchev–Trinajstić information content (AvgIpc) is 2.62. The summed E-state index contributed by atoms with van der Waals surface area (Å²) in [4.78, 5) is 14.1. The monoisotopic (exact) mass is 410 g/mol. The summed E-state index contributed by atoms with van der Waals surface area (Å²) in [6, 6.07) is 8.79. The number of carbonyl (C=O) groups is 1. The number of amides is 1. The molecular weight excluding hydrogens is 380 g/mol. The minimum absolute atomic E-state index is 0.160. The third-order valence-corrected chi connectivity index (χ3v) is 5.90. The zero-order valence-electron chi connectivity index (χ0n) is 17.0. The molecule has 0 aromatic heterocycles. The van der Waals surface area contributed by atoms with E-state index in [0.29, 0.717) is 6.61 Å². The van der Waals surface area contributed by atoms with E-state index in [-0.39, 0.29) is 25.7 Å². The van der Waals surface area contributed by atoms with Gasteiger partial charge in [0, 0.05) is 24.5 Å². The van der Waals surface area contributed by atoms with Crippen molar-refractivity contribution in [3.8, 4) is 0 Å². The summed E-state index contributed by atoms with van der Waals surface area (Å²) >= 11 is 0. The first kappa shape index (κ1) is 22.4. The lowest BCUT2D eigenvalue weighted by Gasteiger charge is -2.43. The van der Waals surface area contributed by atoms with Gasteiger partial charge in [0.25, 0.3) is 0 Å². The smallest absolute Gasteiger partial charge is 0.410 e. The summed E-state index contributed by atoms with van der Waals surface area (Å²) in [7, 11) is -3.64. The van der Waals surface area contributed by atoms with Gasteiger partial charge in [-0.25, -0.2) is 13.2 Å². The summed E-state index contributed by atoms with van der Waals surface area (Å²) in [6.45, 7) is 11.5. The second kappa shape index (κ2) is 9.07. The van der Waals surface area contributed by atoms with Gasteiger partial charge < -0.3 is 14.4 Å². The number of sulfonamides is 1. The van der Waals surface area contributed by atoms with Gasteiger partial charge in [0.2, 0.25) is 10.0 Å². The van der Waals surface area contributed by atoms with Gasteiger partial charge >= 0.3 is 6.09 Å². The van der Waals surface area contributed by atoms with Crippen molar-refractivity contribution in [3.63, 3.8) is 0 Å². The highest BCUT2D eigenvalue weighted by Gasteiger charge is 2.40. The Bertz CT molecular complexity index is 774. The zero-order valence-corrected chi connectivity index (χ0v) is 17.8. The summed E-state index contributed by atoms with van der Waals surface area (Å²) in [5, 5.41) is 0.938. The van der Waals surface area contributed by atoms with E-state index in [1.165, 1.54) is 4.31 Å². The lowest BCUT2D eigenvalue weighted by molar-refractivity contribution is -0.0135.